The molecule has 23 heavy (non-hydrogen) atoms. The third-order valence-electron chi connectivity index (χ3n) is 4.33. The number of rotatable bonds is 3. The van der Waals surface area contributed by atoms with E-state index in [9.17, 15) is 9.59 Å². The van der Waals surface area contributed by atoms with Crippen molar-refractivity contribution in [2.75, 3.05) is 6.54 Å². The van der Waals surface area contributed by atoms with E-state index >= 15 is 0 Å². The number of carbonyl (C=O) groups is 2. The van der Waals surface area contributed by atoms with Crippen molar-refractivity contribution in [2.24, 2.45) is 5.92 Å². The molecule has 0 unspecified atom stereocenters. The molecule has 1 aliphatic rings. The lowest BCUT2D eigenvalue weighted by molar-refractivity contribution is -0.143. The van der Waals surface area contributed by atoms with Crippen LogP contribution in [0.2, 0.25) is 0 Å². The van der Waals surface area contributed by atoms with E-state index < -0.39 is 5.97 Å². The molecule has 1 aliphatic heterocycles. The van der Waals surface area contributed by atoms with Crippen LogP contribution < -0.4 is 0 Å². The van der Waals surface area contributed by atoms with Crippen LogP contribution in [-0.2, 0) is 4.79 Å². The highest BCUT2D eigenvalue weighted by atomic mass is 16.4. The Morgan fingerprint density at radius 1 is 1.30 bits per heavy atom. The number of amides is 1. The third kappa shape index (κ3) is 3.11. The molecular weight excluding hydrogens is 296 g/mol. The van der Waals surface area contributed by atoms with Crippen LogP contribution in [-0.4, -0.2) is 39.5 Å². The number of carboxylic acids is 1. The summed E-state index contributed by atoms with van der Waals surface area (Å²) in [5, 5.41) is 9.10. The van der Waals surface area contributed by atoms with E-state index in [1.165, 1.54) is 6.39 Å². The summed E-state index contributed by atoms with van der Waals surface area (Å²) in [6.07, 6.45) is 3.98. The van der Waals surface area contributed by atoms with Crippen LogP contribution in [0.4, 0.5) is 0 Å². The minimum absolute atomic E-state index is 0.0644. The Labute approximate surface area is 133 Å². The molecule has 0 spiro atoms. The molecule has 1 saturated heterocycles. The predicted molar refractivity (Wildman–Crippen MR) is 82.8 cm³/mol. The molecule has 120 valence electrons. The number of hydrogen-bond donors (Lipinski definition) is 1. The first-order valence-electron chi connectivity index (χ1n) is 7.59. The molecule has 6 heteroatoms. The zero-order chi connectivity index (χ0) is 16.4. The lowest BCUT2D eigenvalue weighted by Crippen LogP contribution is -2.46. The highest BCUT2D eigenvalue weighted by Gasteiger charge is 2.32. The van der Waals surface area contributed by atoms with Gasteiger partial charge in [0, 0.05) is 23.7 Å². The average Bonchev–Trinajstić information content (AvgIpc) is 3.08. The van der Waals surface area contributed by atoms with Crippen molar-refractivity contribution in [3.63, 3.8) is 0 Å². The Kier molecular flexibility index (Phi) is 4.14. The molecule has 0 radical (unpaired) electrons. The summed E-state index contributed by atoms with van der Waals surface area (Å²) < 4.78 is 5.23. The van der Waals surface area contributed by atoms with Crippen LogP contribution in [0.5, 0.6) is 0 Å². The number of carbonyl (C=O) groups excluding carboxylic acids is 1. The van der Waals surface area contributed by atoms with Gasteiger partial charge >= 0.3 is 5.97 Å². The van der Waals surface area contributed by atoms with E-state index in [1.54, 1.807) is 23.2 Å². The molecule has 2 atom stereocenters. The van der Waals surface area contributed by atoms with Gasteiger partial charge in [0.15, 0.2) is 12.2 Å². The van der Waals surface area contributed by atoms with Gasteiger partial charge < -0.3 is 14.4 Å². The summed E-state index contributed by atoms with van der Waals surface area (Å²) in [6.45, 7) is 2.37. The summed E-state index contributed by atoms with van der Waals surface area (Å²) in [7, 11) is 0. The van der Waals surface area contributed by atoms with E-state index in [1.807, 2.05) is 19.1 Å². The minimum Gasteiger partial charge on any atom is -0.481 e. The van der Waals surface area contributed by atoms with Gasteiger partial charge in [-0.1, -0.05) is 12.1 Å². The number of aromatic nitrogens is 1. The van der Waals surface area contributed by atoms with Crippen LogP contribution in [0.1, 0.15) is 30.1 Å². The van der Waals surface area contributed by atoms with E-state index in [0.29, 0.717) is 30.7 Å². The zero-order valence-electron chi connectivity index (χ0n) is 12.8. The average molecular weight is 314 g/mol. The second-order valence-corrected chi connectivity index (χ2v) is 5.85. The molecule has 2 heterocycles. The lowest BCUT2D eigenvalue weighted by Gasteiger charge is -2.36. The zero-order valence-corrected chi connectivity index (χ0v) is 12.8. The highest BCUT2D eigenvalue weighted by molar-refractivity contribution is 5.95. The fourth-order valence-corrected chi connectivity index (χ4v) is 3.00. The first kappa shape index (κ1) is 15.3. The highest BCUT2D eigenvalue weighted by Crippen LogP contribution is 2.25. The largest absolute Gasteiger partial charge is 0.481 e. The second-order valence-electron chi connectivity index (χ2n) is 5.85. The van der Waals surface area contributed by atoms with Gasteiger partial charge in [0.25, 0.3) is 5.91 Å². The number of aliphatic carboxylic acids is 1. The number of nitrogens with zero attached hydrogens (tertiary/aromatic N) is 2. The van der Waals surface area contributed by atoms with Gasteiger partial charge in [0.1, 0.15) is 0 Å². The molecule has 6 nitrogen and oxygen atoms in total. The molecule has 1 fully saturated rings. The van der Waals surface area contributed by atoms with Crippen LogP contribution in [0.15, 0.2) is 41.3 Å². The van der Waals surface area contributed by atoms with Gasteiger partial charge in [-0.15, -0.1) is 0 Å². The summed E-state index contributed by atoms with van der Waals surface area (Å²) in [5.74, 6) is -0.548. The standard InChI is InChI=1S/C17H18N2O4/c1-11-8-14(17(21)22)6-7-19(11)16(20)13-4-2-12(3-5-13)15-9-18-10-23-15/h2-5,9-11,14H,6-8H2,1H3,(H,21,22)/t11-,14-/m1/s1. The monoisotopic (exact) mass is 314 g/mol. The van der Waals surface area contributed by atoms with Crippen molar-refractivity contribution >= 4 is 11.9 Å². The first-order chi connectivity index (χ1) is 11.1. The Morgan fingerprint density at radius 3 is 2.61 bits per heavy atom. The van der Waals surface area contributed by atoms with Crippen molar-refractivity contribution < 1.29 is 19.1 Å². The fourth-order valence-electron chi connectivity index (χ4n) is 3.00. The summed E-state index contributed by atoms with van der Waals surface area (Å²) >= 11 is 0. The van der Waals surface area contributed by atoms with Gasteiger partial charge in [0.2, 0.25) is 0 Å². The maximum atomic E-state index is 12.6. The minimum atomic E-state index is -0.777. The van der Waals surface area contributed by atoms with Crippen LogP contribution >= 0.6 is 0 Å². The van der Waals surface area contributed by atoms with Gasteiger partial charge in [0.05, 0.1) is 12.1 Å². The van der Waals surface area contributed by atoms with E-state index in [0.717, 1.165) is 5.56 Å². The molecule has 1 amide bonds. The summed E-state index contributed by atoms with van der Waals surface area (Å²) in [5.41, 5.74) is 1.45. The SMILES string of the molecule is C[C@@H]1C[C@H](C(=O)O)CCN1C(=O)c1ccc(-c2cnco2)cc1. The predicted octanol–water partition coefficient (Wildman–Crippen LogP) is 2.67. The lowest BCUT2D eigenvalue weighted by atomic mass is 9.91. The number of hydrogen-bond acceptors (Lipinski definition) is 4. The number of oxazole rings is 1. The molecule has 0 bridgehead atoms. The van der Waals surface area contributed by atoms with Gasteiger partial charge in [-0.25, -0.2) is 4.98 Å². The van der Waals surface area contributed by atoms with Crippen molar-refractivity contribution in [2.45, 2.75) is 25.8 Å². The Hall–Kier alpha value is -2.63. The van der Waals surface area contributed by atoms with E-state index in [-0.39, 0.29) is 17.9 Å². The Balaban J connectivity index is 1.72. The molecule has 1 N–H and O–H groups in total. The normalized spacial score (nSPS) is 21.2. The number of piperidine rings is 1. The Bertz CT molecular complexity index is 694. The van der Waals surface area contributed by atoms with Crippen molar-refractivity contribution in [3.05, 3.63) is 42.4 Å². The topological polar surface area (TPSA) is 83.6 Å². The summed E-state index contributed by atoms with van der Waals surface area (Å²) in [6, 6.07) is 7.09. The molecule has 1 aromatic carbocycles. The maximum Gasteiger partial charge on any atom is 0.306 e. The van der Waals surface area contributed by atoms with Crippen LogP contribution in [0.25, 0.3) is 11.3 Å². The molecule has 1 aromatic heterocycles. The van der Waals surface area contributed by atoms with E-state index in [2.05, 4.69) is 4.98 Å². The molecule has 0 saturated carbocycles. The second kappa shape index (κ2) is 6.24. The first-order valence-corrected chi connectivity index (χ1v) is 7.59. The third-order valence-corrected chi connectivity index (χ3v) is 4.33. The molecule has 2 aromatic rings. The van der Waals surface area contributed by atoms with Crippen LogP contribution in [0.3, 0.4) is 0 Å². The quantitative estimate of drug-likeness (QED) is 0.941. The molecule has 3 rings (SSSR count). The van der Waals surface area contributed by atoms with Crippen molar-refractivity contribution in [1.29, 1.82) is 0 Å². The van der Waals surface area contributed by atoms with Crippen molar-refractivity contribution in [3.8, 4) is 11.3 Å². The van der Waals surface area contributed by atoms with Crippen LogP contribution in [0, 0.1) is 5.92 Å². The number of carboxylic acid groups (broad SMARTS) is 1. The summed E-state index contributed by atoms with van der Waals surface area (Å²) in [4.78, 5) is 29.3. The number of benzene rings is 1. The van der Waals surface area contributed by atoms with Gasteiger partial charge in [-0.05, 0) is 31.9 Å². The van der Waals surface area contributed by atoms with Gasteiger partial charge in [-0.2, -0.15) is 0 Å². The maximum absolute atomic E-state index is 12.6. The molecule has 0 aliphatic carbocycles. The molecular formula is C17H18N2O4. The number of likely N-dealkylation sites (tertiary alicyclic amines) is 1. The smallest absolute Gasteiger partial charge is 0.306 e. The van der Waals surface area contributed by atoms with E-state index in [4.69, 9.17) is 9.52 Å². The van der Waals surface area contributed by atoms with Gasteiger partial charge in [-0.3, -0.25) is 9.59 Å². The Morgan fingerprint density at radius 2 is 2.04 bits per heavy atom. The van der Waals surface area contributed by atoms with Crippen molar-refractivity contribution in [1.82, 2.24) is 9.88 Å². The fraction of sp³-hybridized carbons (Fsp3) is 0.353.